The van der Waals surface area contributed by atoms with Crippen LogP contribution in [0.3, 0.4) is 0 Å². The van der Waals surface area contributed by atoms with E-state index in [1.165, 1.54) is 12.8 Å². The van der Waals surface area contributed by atoms with Crippen molar-refractivity contribution < 1.29 is 4.79 Å². The topological polar surface area (TPSA) is 61.4 Å². The number of aromatic nitrogens is 2. The molecule has 1 unspecified atom stereocenters. The molecule has 6 heteroatoms. The molecule has 2 aliphatic heterocycles. The summed E-state index contributed by atoms with van der Waals surface area (Å²) in [7, 11) is 0. The van der Waals surface area contributed by atoms with Gasteiger partial charge in [0.15, 0.2) is 0 Å². The third kappa shape index (κ3) is 4.19. The van der Waals surface area contributed by atoms with E-state index in [2.05, 4.69) is 27.1 Å². The minimum Gasteiger partial charge on any atom is -0.352 e. The summed E-state index contributed by atoms with van der Waals surface area (Å²) in [5.74, 6) is 2.40. The number of nitrogens with zero attached hydrogens (tertiary/aromatic N) is 4. The molecule has 1 N–H and O–H groups in total. The lowest BCUT2D eigenvalue weighted by Crippen LogP contribution is -2.49. The van der Waals surface area contributed by atoms with Gasteiger partial charge < -0.3 is 15.1 Å². The first-order valence-electron chi connectivity index (χ1n) is 8.73. The largest absolute Gasteiger partial charge is 0.352 e. The Hall–Kier alpha value is -1.69. The molecule has 1 aromatic rings. The quantitative estimate of drug-likeness (QED) is 0.903. The van der Waals surface area contributed by atoms with Gasteiger partial charge in [0, 0.05) is 45.0 Å². The average Bonchev–Trinajstić information content (AvgIpc) is 2.63. The number of nitrogens with one attached hydrogen (secondary N) is 1. The van der Waals surface area contributed by atoms with Crippen molar-refractivity contribution in [2.24, 2.45) is 11.8 Å². The van der Waals surface area contributed by atoms with Gasteiger partial charge in [0.2, 0.25) is 5.91 Å². The Labute approximate surface area is 138 Å². The first kappa shape index (κ1) is 16.2. The molecule has 0 bridgehead atoms. The van der Waals surface area contributed by atoms with Crippen LogP contribution < -0.4 is 10.2 Å². The number of amides is 1. The number of hydrogen-bond acceptors (Lipinski definition) is 5. The van der Waals surface area contributed by atoms with Crippen molar-refractivity contribution in [3.63, 3.8) is 0 Å². The van der Waals surface area contributed by atoms with Crippen LogP contribution in [0.25, 0.3) is 0 Å². The Kier molecular flexibility index (Phi) is 5.43. The number of anilines is 1. The lowest BCUT2D eigenvalue weighted by molar-refractivity contribution is -0.132. The second-order valence-corrected chi connectivity index (χ2v) is 6.70. The molecule has 0 saturated carbocycles. The summed E-state index contributed by atoms with van der Waals surface area (Å²) in [5.41, 5.74) is 0. The molecule has 2 saturated heterocycles. The van der Waals surface area contributed by atoms with Crippen LogP contribution in [0.4, 0.5) is 5.82 Å². The van der Waals surface area contributed by atoms with E-state index in [4.69, 9.17) is 0 Å². The van der Waals surface area contributed by atoms with Crippen LogP contribution in [0.2, 0.25) is 0 Å². The molecule has 3 heterocycles. The lowest BCUT2D eigenvalue weighted by atomic mass is 9.84. The molecule has 23 heavy (non-hydrogen) atoms. The molecule has 2 fully saturated rings. The predicted octanol–water partition coefficient (Wildman–Crippen LogP) is 1.15. The maximum absolute atomic E-state index is 12.6. The van der Waals surface area contributed by atoms with Crippen molar-refractivity contribution >= 4 is 11.7 Å². The molecular weight excluding hydrogens is 290 g/mol. The van der Waals surface area contributed by atoms with Gasteiger partial charge in [-0.3, -0.25) is 9.78 Å². The van der Waals surface area contributed by atoms with Gasteiger partial charge in [0.05, 0.1) is 6.20 Å². The Morgan fingerprint density at radius 3 is 2.65 bits per heavy atom. The molecule has 6 nitrogen and oxygen atoms in total. The third-order valence-corrected chi connectivity index (χ3v) is 5.19. The van der Waals surface area contributed by atoms with Crippen LogP contribution in [-0.4, -0.2) is 60.0 Å². The third-order valence-electron chi connectivity index (χ3n) is 5.19. The maximum atomic E-state index is 12.6. The van der Waals surface area contributed by atoms with Crippen LogP contribution in [0.5, 0.6) is 0 Å². The number of carbonyl (C=O) groups is 1. The SMILES string of the molecule is CC(CC(=O)N1CCN(c2cnccn2)CC1)C1CCNCC1. The minimum atomic E-state index is 0.315. The highest BCUT2D eigenvalue weighted by atomic mass is 16.2. The van der Waals surface area contributed by atoms with Crippen molar-refractivity contribution in [3.05, 3.63) is 18.6 Å². The summed E-state index contributed by atoms with van der Waals surface area (Å²) >= 11 is 0. The van der Waals surface area contributed by atoms with E-state index in [1.807, 2.05) is 4.90 Å². The first-order valence-corrected chi connectivity index (χ1v) is 8.73. The van der Waals surface area contributed by atoms with Gasteiger partial charge in [-0.15, -0.1) is 0 Å². The number of piperazine rings is 1. The van der Waals surface area contributed by atoms with Crippen LogP contribution in [0, 0.1) is 11.8 Å². The summed E-state index contributed by atoms with van der Waals surface area (Å²) in [6, 6.07) is 0. The van der Waals surface area contributed by atoms with E-state index in [1.54, 1.807) is 18.6 Å². The molecular formula is C17H27N5O. The molecule has 0 aliphatic carbocycles. The number of carbonyl (C=O) groups excluding carboxylic acids is 1. The van der Waals surface area contributed by atoms with Gasteiger partial charge in [-0.05, 0) is 37.8 Å². The fraction of sp³-hybridized carbons (Fsp3) is 0.706. The summed E-state index contributed by atoms with van der Waals surface area (Å²) < 4.78 is 0. The van der Waals surface area contributed by atoms with Gasteiger partial charge in [0.1, 0.15) is 5.82 Å². The Morgan fingerprint density at radius 1 is 1.26 bits per heavy atom. The zero-order valence-electron chi connectivity index (χ0n) is 13.9. The van der Waals surface area contributed by atoms with Gasteiger partial charge in [0.25, 0.3) is 0 Å². The van der Waals surface area contributed by atoms with Crippen molar-refractivity contribution in [3.8, 4) is 0 Å². The van der Waals surface area contributed by atoms with Crippen LogP contribution in [0.15, 0.2) is 18.6 Å². The summed E-state index contributed by atoms with van der Waals surface area (Å²) in [5, 5.41) is 3.39. The van der Waals surface area contributed by atoms with Crippen LogP contribution >= 0.6 is 0 Å². The van der Waals surface area contributed by atoms with E-state index < -0.39 is 0 Å². The zero-order chi connectivity index (χ0) is 16.1. The highest BCUT2D eigenvalue weighted by molar-refractivity contribution is 5.76. The highest BCUT2D eigenvalue weighted by Crippen LogP contribution is 2.25. The van der Waals surface area contributed by atoms with E-state index in [0.717, 1.165) is 45.1 Å². The Bertz CT molecular complexity index is 495. The molecule has 2 aliphatic rings. The molecule has 0 aromatic carbocycles. The zero-order valence-corrected chi connectivity index (χ0v) is 13.9. The smallest absolute Gasteiger partial charge is 0.222 e. The van der Waals surface area contributed by atoms with Gasteiger partial charge in [-0.2, -0.15) is 0 Å². The Morgan fingerprint density at radius 2 is 2.00 bits per heavy atom. The summed E-state index contributed by atoms with van der Waals surface area (Å²) in [6.07, 6.45) is 8.29. The minimum absolute atomic E-state index is 0.315. The van der Waals surface area contributed by atoms with Gasteiger partial charge in [-0.25, -0.2) is 4.98 Å². The van der Waals surface area contributed by atoms with Crippen LogP contribution in [0.1, 0.15) is 26.2 Å². The predicted molar refractivity (Wildman–Crippen MR) is 90.2 cm³/mol. The van der Waals surface area contributed by atoms with Gasteiger partial charge >= 0.3 is 0 Å². The van der Waals surface area contributed by atoms with Crippen LogP contribution in [-0.2, 0) is 4.79 Å². The maximum Gasteiger partial charge on any atom is 0.222 e. The second-order valence-electron chi connectivity index (χ2n) is 6.70. The van der Waals surface area contributed by atoms with Crippen molar-refractivity contribution in [1.29, 1.82) is 0 Å². The van der Waals surface area contributed by atoms with E-state index >= 15 is 0 Å². The van der Waals surface area contributed by atoms with Crippen molar-refractivity contribution in [1.82, 2.24) is 20.2 Å². The van der Waals surface area contributed by atoms with Crippen molar-refractivity contribution in [2.75, 3.05) is 44.2 Å². The van der Waals surface area contributed by atoms with Crippen molar-refractivity contribution in [2.45, 2.75) is 26.2 Å². The molecule has 126 valence electrons. The average molecular weight is 317 g/mol. The number of hydrogen-bond donors (Lipinski definition) is 1. The number of rotatable bonds is 4. The second kappa shape index (κ2) is 7.73. The summed E-state index contributed by atoms with van der Waals surface area (Å²) in [4.78, 5) is 25.2. The van der Waals surface area contributed by atoms with Gasteiger partial charge in [-0.1, -0.05) is 6.92 Å². The molecule has 1 amide bonds. The molecule has 1 atom stereocenters. The Balaban J connectivity index is 1.46. The standard InChI is InChI=1S/C17H27N5O/c1-14(15-2-4-18-5-3-15)12-17(23)22-10-8-21(9-11-22)16-13-19-6-7-20-16/h6-7,13-15,18H,2-5,8-12H2,1H3. The fourth-order valence-electron chi connectivity index (χ4n) is 3.62. The van der Waals surface area contributed by atoms with E-state index in [9.17, 15) is 4.79 Å². The van der Waals surface area contributed by atoms with E-state index in [0.29, 0.717) is 24.2 Å². The summed E-state index contributed by atoms with van der Waals surface area (Å²) in [6.45, 7) is 7.69. The molecule has 0 radical (unpaired) electrons. The normalized spacial score (nSPS) is 21.3. The first-order chi connectivity index (χ1) is 11.2. The fourth-order valence-corrected chi connectivity index (χ4v) is 3.62. The van der Waals surface area contributed by atoms with E-state index in [-0.39, 0.29) is 0 Å². The number of piperidine rings is 1. The monoisotopic (exact) mass is 317 g/mol. The molecule has 3 rings (SSSR count). The molecule has 0 spiro atoms. The lowest BCUT2D eigenvalue weighted by Gasteiger charge is -2.36. The molecule has 1 aromatic heterocycles. The highest BCUT2D eigenvalue weighted by Gasteiger charge is 2.26.